The third-order valence-corrected chi connectivity index (χ3v) is 3.01. The summed E-state index contributed by atoms with van der Waals surface area (Å²) >= 11 is 0. The number of rotatable bonds is 4. The molecule has 118 valence electrons. The normalized spacial score (nSPS) is 10.7. The smallest absolute Gasteiger partial charge is 0.249 e. The zero-order valence-corrected chi connectivity index (χ0v) is 11.9. The molecule has 0 aliphatic carbocycles. The molecule has 0 fully saturated rings. The van der Waals surface area contributed by atoms with E-state index in [1.807, 2.05) is 0 Å². The van der Waals surface area contributed by atoms with Crippen molar-refractivity contribution in [1.29, 1.82) is 0 Å². The molecule has 0 aliphatic rings. The molecule has 0 aliphatic heterocycles. The van der Waals surface area contributed by atoms with Crippen molar-refractivity contribution < 1.29 is 13.6 Å². The van der Waals surface area contributed by atoms with Gasteiger partial charge in [-0.25, -0.2) is 8.78 Å². The standard InChI is InChI=1S/C13H11F2N7O/c1-21-10(5-6-16-21)17-11(23)7-22-19-13(18-20-22)12-8(14)3-2-4-9(12)15/h2-6H,7H2,1H3,(H,17,23). The summed E-state index contributed by atoms with van der Waals surface area (Å²) in [7, 11) is 1.67. The van der Waals surface area contributed by atoms with E-state index in [9.17, 15) is 13.6 Å². The first kappa shape index (κ1) is 14.8. The van der Waals surface area contributed by atoms with Crippen LogP contribution >= 0.6 is 0 Å². The average Bonchev–Trinajstić information content (AvgIpc) is 3.09. The lowest BCUT2D eigenvalue weighted by atomic mass is 10.2. The van der Waals surface area contributed by atoms with E-state index in [0.29, 0.717) is 5.82 Å². The number of anilines is 1. The molecule has 23 heavy (non-hydrogen) atoms. The Morgan fingerprint density at radius 1 is 1.26 bits per heavy atom. The van der Waals surface area contributed by atoms with Gasteiger partial charge >= 0.3 is 0 Å². The van der Waals surface area contributed by atoms with Crippen molar-refractivity contribution in [2.45, 2.75) is 6.54 Å². The third-order valence-electron chi connectivity index (χ3n) is 3.01. The Morgan fingerprint density at radius 3 is 2.65 bits per heavy atom. The summed E-state index contributed by atoms with van der Waals surface area (Å²) < 4.78 is 28.8. The first-order valence-corrected chi connectivity index (χ1v) is 6.54. The number of amides is 1. The molecule has 3 aromatic rings. The van der Waals surface area contributed by atoms with Gasteiger partial charge in [-0.3, -0.25) is 9.48 Å². The lowest BCUT2D eigenvalue weighted by Gasteiger charge is -2.04. The summed E-state index contributed by atoms with van der Waals surface area (Å²) in [5.41, 5.74) is -0.384. The first-order chi connectivity index (χ1) is 11.0. The van der Waals surface area contributed by atoms with Crippen LogP contribution in [0, 0.1) is 11.6 Å². The summed E-state index contributed by atoms with van der Waals surface area (Å²) in [5, 5.41) is 17.5. The van der Waals surface area contributed by atoms with Gasteiger partial charge in [0.25, 0.3) is 0 Å². The number of carbonyl (C=O) groups excluding carboxylic acids is 1. The monoisotopic (exact) mass is 319 g/mol. The van der Waals surface area contributed by atoms with Crippen LogP contribution in [0.4, 0.5) is 14.6 Å². The molecule has 1 amide bonds. The number of tetrazole rings is 1. The van der Waals surface area contributed by atoms with Gasteiger partial charge in [0.1, 0.15) is 24.0 Å². The minimum Gasteiger partial charge on any atom is -0.309 e. The molecule has 2 heterocycles. The number of aryl methyl sites for hydroxylation is 1. The van der Waals surface area contributed by atoms with Crippen molar-refractivity contribution in [2.75, 3.05) is 5.32 Å². The fourth-order valence-electron chi connectivity index (χ4n) is 1.93. The summed E-state index contributed by atoms with van der Waals surface area (Å²) in [6.45, 7) is -0.256. The zero-order chi connectivity index (χ0) is 16.4. The van der Waals surface area contributed by atoms with Crippen LogP contribution in [0.5, 0.6) is 0 Å². The van der Waals surface area contributed by atoms with Crippen molar-refractivity contribution in [3.63, 3.8) is 0 Å². The van der Waals surface area contributed by atoms with Crippen LogP contribution in [0.2, 0.25) is 0 Å². The largest absolute Gasteiger partial charge is 0.309 e. The van der Waals surface area contributed by atoms with E-state index in [1.165, 1.54) is 16.9 Å². The number of carbonyl (C=O) groups is 1. The fourth-order valence-corrected chi connectivity index (χ4v) is 1.93. The molecule has 2 aromatic heterocycles. The summed E-state index contributed by atoms with van der Waals surface area (Å²) in [5.74, 6) is -1.76. The van der Waals surface area contributed by atoms with Gasteiger partial charge in [-0.15, -0.1) is 10.2 Å². The second-order valence-electron chi connectivity index (χ2n) is 4.63. The van der Waals surface area contributed by atoms with E-state index in [2.05, 4.69) is 25.8 Å². The molecular formula is C13H11F2N7O. The van der Waals surface area contributed by atoms with E-state index in [0.717, 1.165) is 16.9 Å². The van der Waals surface area contributed by atoms with Gasteiger partial charge in [0.15, 0.2) is 0 Å². The van der Waals surface area contributed by atoms with Crippen LogP contribution in [0.25, 0.3) is 11.4 Å². The Labute approximate surface area is 128 Å². The molecule has 0 saturated heterocycles. The topological polar surface area (TPSA) is 90.5 Å². The predicted octanol–water partition coefficient (Wildman–Crippen LogP) is 0.990. The number of aromatic nitrogens is 6. The Kier molecular flexibility index (Phi) is 3.79. The summed E-state index contributed by atoms with van der Waals surface area (Å²) in [6.07, 6.45) is 1.53. The molecule has 3 rings (SSSR count). The number of benzene rings is 1. The van der Waals surface area contributed by atoms with Crippen LogP contribution in [-0.2, 0) is 18.4 Å². The SMILES string of the molecule is Cn1nccc1NC(=O)Cn1nnc(-c2c(F)cccc2F)n1. The predicted molar refractivity (Wildman–Crippen MR) is 75.0 cm³/mol. The Balaban J connectivity index is 1.75. The highest BCUT2D eigenvalue weighted by atomic mass is 19.1. The number of nitrogens with zero attached hydrogens (tertiary/aromatic N) is 6. The molecular weight excluding hydrogens is 308 g/mol. The Morgan fingerprint density at radius 2 is 2.00 bits per heavy atom. The van der Waals surface area contributed by atoms with Gasteiger partial charge < -0.3 is 5.32 Å². The van der Waals surface area contributed by atoms with E-state index in [-0.39, 0.29) is 17.9 Å². The lowest BCUT2D eigenvalue weighted by Crippen LogP contribution is -2.21. The highest BCUT2D eigenvalue weighted by Gasteiger charge is 2.17. The second kappa shape index (κ2) is 5.91. The zero-order valence-electron chi connectivity index (χ0n) is 11.9. The van der Waals surface area contributed by atoms with Crippen LogP contribution in [0.15, 0.2) is 30.5 Å². The maximum Gasteiger partial charge on any atom is 0.249 e. The molecule has 0 saturated carbocycles. The minimum atomic E-state index is -0.802. The van der Waals surface area contributed by atoms with Crippen LogP contribution in [-0.4, -0.2) is 35.9 Å². The van der Waals surface area contributed by atoms with Crippen molar-refractivity contribution >= 4 is 11.7 Å². The highest BCUT2D eigenvalue weighted by Crippen LogP contribution is 2.21. The van der Waals surface area contributed by atoms with Crippen LogP contribution in [0.3, 0.4) is 0 Å². The number of hydrogen-bond acceptors (Lipinski definition) is 5. The van der Waals surface area contributed by atoms with Gasteiger partial charge in [-0.1, -0.05) is 6.07 Å². The Bertz CT molecular complexity index is 837. The summed E-state index contributed by atoms with van der Waals surface area (Å²) in [4.78, 5) is 12.8. The van der Waals surface area contributed by atoms with E-state index in [1.54, 1.807) is 13.1 Å². The molecule has 0 radical (unpaired) electrons. The second-order valence-corrected chi connectivity index (χ2v) is 4.63. The quantitative estimate of drug-likeness (QED) is 0.774. The number of halogens is 2. The highest BCUT2D eigenvalue weighted by molar-refractivity contribution is 5.89. The lowest BCUT2D eigenvalue weighted by molar-refractivity contribution is -0.117. The summed E-state index contributed by atoms with van der Waals surface area (Å²) in [6, 6.07) is 5.04. The van der Waals surface area contributed by atoms with Gasteiger partial charge in [-0.2, -0.15) is 9.90 Å². The maximum absolute atomic E-state index is 13.7. The Hall–Kier alpha value is -3.17. The minimum absolute atomic E-state index is 0.228. The van der Waals surface area contributed by atoms with Crippen molar-refractivity contribution in [3.8, 4) is 11.4 Å². The molecule has 0 bridgehead atoms. The van der Waals surface area contributed by atoms with E-state index < -0.39 is 17.5 Å². The molecule has 1 N–H and O–H groups in total. The van der Waals surface area contributed by atoms with Crippen molar-refractivity contribution in [2.24, 2.45) is 7.05 Å². The molecule has 0 spiro atoms. The third kappa shape index (κ3) is 3.05. The van der Waals surface area contributed by atoms with Gasteiger partial charge in [-0.05, 0) is 17.3 Å². The maximum atomic E-state index is 13.7. The van der Waals surface area contributed by atoms with Crippen LogP contribution in [0.1, 0.15) is 0 Å². The van der Waals surface area contributed by atoms with E-state index >= 15 is 0 Å². The molecule has 8 nitrogen and oxygen atoms in total. The van der Waals surface area contributed by atoms with Crippen LogP contribution < -0.4 is 5.32 Å². The van der Waals surface area contributed by atoms with E-state index in [4.69, 9.17) is 0 Å². The number of hydrogen-bond donors (Lipinski definition) is 1. The van der Waals surface area contributed by atoms with Crippen molar-refractivity contribution in [1.82, 2.24) is 30.0 Å². The van der Waals surface area contributed by atoms with Crippen molar-refractivity contribution in [3.05, 3.63) is 42.1 Å². The fraction of sp³-hybridized carbons (Fsp3) is 0.154. The molecule has 0 atom stereocenters. The number of nitrogens with one attached hydrogen (secondary N) is 1. The van der Waals surface area contributed by atoms with Gasteiger partial charge in [0, 0.05) is 13.1 Å². The van der Waals surface area contributed by atoms with Gasteiger partial charge in [0.2, 0.25) is 11.7 Å². The molecule has 0 unspecified atom stereocenters. The molecule has 1 aromatic carbocycles. The first-order valence-electron chi connectivity index (χ1n) is 6.54. The average molecular weight is 319 g/mol. The van der Waals surface area contributed by atoms with Gasteiger partial charge in [0.05, 0.1) is 11.8 Å². The molecule has 10 heteroatoms.